The summed E-state index contributed by atoms with van der Waals surface area (Å²) in [5.41, 5.74) is 0.618. The van der Waals surface area contributed by atoms with Crippen molar-refractivity contribution in [1.29, 1.82) is 0 Å². The predicted molar refractivity (Wildman–Crippen MR) is 103 cm³/mol. The van der Waals surface area contributed by atoms with Crippen LogP contribution in [0.15, 0.2) is 29.3 Å². The minimum absolute atomic E-state index is 0. The Morgan fingerprint density at radius 3 is 2.52 bits per heavy atom. The van der Waals surface area contributed by atoms with Crippen LogP contribution in [0.25, 0.3) is 0 Å². The van der Waals surface area contributed by atoms with Gasteiger partial charge in [0.05, 0.1) is 13.7 Å². The number of carbonyl (C=O) groups is 1. The number of benzene rings is 1. The number of nitrogens with zero attached hydrogens (tertiary/aromatic N) is 1. The fraction of sp³-hybridized carbons (Fsp3) is 0.500. The van der Waals surface area contributed by atoms with Gasteiger partial charge < -0.3 is 20.7 Å². The third-order valence-electron chi connectivity index (χ3n) is 3.28. The zero-order chi connectivity index (χ0) is 15.8. The van der Waals surface area contributed by atoms with Crippen molar-refractivity contribution in [3.63, 3.8) is 0 Å². The van der Waals surface area contributed by atoms with Crippen molar-refractivity contribution in [2.45, 2.75) is 25.8 Å². The molecule has 0 atom stereocenters. The Bertz CT molecular complexity index is 515. The highest BCUT2D eigenvalue weighted by Gasteiger charge is 2.21. The summed E-state index contributed by atoms with van der Waals surface area (Å²) >= 11 is 0. The molecular formula is C16H25IN4O2. The number of halogens is 1. The quantitative estimate of drug-likeness (QED) is 0.266. The molecule has 0 unspecified atom stereocenters. The second-order valence-corrected chi connectivity index (χ2v) is 5.16. The zero-order valence-electron chi connectivity index (χ0n) is 13.6. The van der Waals surface area contributed by atoms with Gasteiger partial charge in [0.1, 0.15) is 5.75 Å². The van der Waals surface area contributed by atoms with Crippen LogP contribution in [0.1, 0.15) is 30.1 Å². The van der Waals surface area contributed by atoms with Gasteiger partial charge in [-0.3, -0.25) is 9.79 Å². The summed E-state index contributed by atoms with van der Waals surface area (Å²) in [7, 11) is 1.60. The molecule has 1 fully saturated rings. The Morgan fingerprint density at radius 2 is 1.96 bits per heavy atom. The van der Waals surface area contributed by atoms with E-state index in [4.69, 9.17) is 4.74 Å². The third kappa shape index (κ3) is 7.06. The number of amides is 1. The number of methoxy groups -OCH3 is 1. The minimum atomic E-state index is -0.0991. The number of ether oxygens (including phenoxy) is 1. The van der Waals surface area contributed by atoms with Gasteiger partial charge in [-0.15, -0.1) is 24.0 Å². The van der Waals surface area contributed by atoms with Crippen molar-refractivity contribution in [2.75, 3.05) is 26.7 Å². The molecule has 0 aromatic heterocycles. The lowest BCUT2D eigenvalue weighted by atomic mass is 10.2. The number of hydrogen-bond donors (Lipinski definition) is 3. The summed E-state index contributed by atoms with van der Waals surface area (Å²) < 4.78 is 5.07. The van der Waals surface area contributed by atoms with E-state index in [0.29, 0.717) is 24.7 Å². The average Bonchev–Trinajstić information content (AvgIpc) is 3.35. The lowest BCUT2D eigenvalue weighted by molar-refractivity contribution is 0.0955. The van der Waals surface area contributed by atoms with Crippen LogP contribution in [0.5, 0.6) is 5.75 Å². The summed E-state index contributed by atoms with van der Waals surface area (Å²) in [6, 6.07) is 7.60. The van der Waals surface area contributed by atoms with Crippen LogP contribution in [0.3, 0.4) is 0 Å². The average molecular weight is 432 g/mol. The molecule has 23 heavy (non-hydrogen) atoms. The fourth-order valence-electron chi connectivity index (χ4n) is 1.92. The molecule has 6 nitrogen and oxygen atoms in total. The first kappa shape index (κ1) is 19.5. The third-order valence-corrected chi connectivity index (χ3v) is 3.28. The lowest BCUT2D eigenvalue weighted by Crippen LogP contribution is -2.39. The standard InChI is InChI=1S/C16H24N4O2.HI/c1-3-17-16(20-13-6-7-13)19-11-10-18-15(21)12-4-8-14(22-2)9-5-12;/h4-5,8-9,13H,3,6-7,10-11H2,1-2H3,(H,18,21)(H2,17,19,20);1H. The maximum absolute atomic E-state index is 12.0. The number of aliphatic imine (C=N–C) groups is 1. The lowest BCUT2D eigenvalue weighted by Gasteiger charge is -2.10. The highest BCUT2D eigenvalue weighted by molar-refractivity contribution is 14.0. The first-order chi connectivity index (χ1) is 10.7. The number of guanidine groups is 1. The Balaban J connectivity index is 0.00000264. The molecule has 2 rings (SSSR count). The molecule has 0 heterocycles. The zero-order valence-corrected chi connectivity index (χ0v) is 15.9. The van der Waals surface area contributed by atoms with Crippen molar-refractivity contribution in [3.8, 4) is 5.75 Å². The Hall–Kier alpha value is -1.51. The number of carbonyl (C=O) groups excluding carboxylic acids is 1. The molecule has 0 spiro atoms. The molecule has 7 heteroatoms. The van der Waals surface area contributed by atoms with Gasteiger partial charge in [0.2, 0.25) is 0 Å². The highest BCUT2D eigenvalue weighted by atomic mass is 127. The maximum Gasteiger partial charge on any atom is 0.251 e. The van der Waals surface area contributed by atoms with Crippen molar-refractivity contribution in [1.82, 2.24) is 16.0 Å². The molecule has 1 amide bonds. The minimum Gasteiger partial charge on any atom is -0.497 e. The van der Waals surface area contributed by atoms with Gasteiger partial charge in [0.15, 0.2) is 5.96 Å². The van der Waals surface area contributed by atoms with Crippen molar-refractivity contribution in [2.24, 2.45) is 4.99 Å². The highest BCUT2D eigenvalue weighted by Crippen LogP contribution is 2.18. The van der Waals surface area contributed by atoms with Gasteiger partial charge in [0, 0.05) is 24.7 Å². The molecule has 0 aliphatic heterocycles. The van der Waals surface area contributed by atoms with Crippen molar-refractivity contribution < 1.29 is 9.53 Å². The molecule has 128 valence electrons. The molecule has 1 aromatic carbocycles. The number of hydrogen-bond acceptors (Lipinski definition) is 3. The van der Waals surface area contributed by atoms with E-state index in [1.165, 1.54) is 12.8 Å². The van der Waals surface area contributed by atoms with Gasteiger partial charge in [-0.25, -0.2) is 0 Å². The van der Waals surface area contributed by atoms with Crippen LogP contribution in [-0.2, 0) is 0 Å². The topological polar surface area (TPSA) is 74.8 Å². The monoisotopic (exact) mass is 432 g/mol. The van der Waals surface area contributed by atoms with E-state index in [9.17, 15) is 4.79 Å². The summed E-state index contributed by atoms with van der Waals surface area (Å²) in [6.45, 7) is 3.92. The van der Waals surface area contributed by atoms with E-state index < -0.39 is 0 Å². The molecule has 1 saturated carbocycles. The van der Waals surface area contributed by atoms with Gasteiger partial charge in [-0.05, 0) is 44.0 Å². The first-order valence-corrected chi connectivity index (χ1v) is 7.70. The number of nitrogens with one attached hydrogen (secondary N) is 3. The van der Waals surface area contributed by atoms with Crippen LogP contribution < -0.4 is 20.7 Å². The maximum atomic E-state index is 12.0. The van der Waals surface area contributed by atoms with E-state index in [-0.39, 0.29) is 29.9 Å². The van der Waals surface area contributed by atoms with Gasteiger partial charge in [-0.1, -0.05) is 0 Å². The van der Waals surface area contributed by atoms with Crippen LogP contribution in [0.4, 0.5) is 0 Å². The Kier molecular flexibility index (Phi) is 8.75. The summed E-state index contributed by atoms with van der Waals surface area (Å²) in [6.07, 6.45) is 2.41. The summed E-state index contributed by atoms with van der Waals surface area (Å²) in [5, 5.41) is 9.40. The molecule has 1 aliphatic rings. The van der Waals surface area contributed by atoms with E-state index in [2.05, 4.69) is 20.9 Å². The fourth-order valence-corrected chi connectivity index (χ4v) is 1.92. The van der Waals surface area contributed by atoms with E-state index in [1.807, 2.05) is 6.92 Å². The summed E-state index contributed by atoms with van der Waals surface area (Å²) in [5.74, 6) is 1.46. The largest absolute Gasteiger partial charge is 0.497 e. The van der Waals surface area contributed by atoms with Crippen LogP contribution in [0, 0.1) is 0 Å². The second kappa shape index (κ2) is 10.3. The molecule has 0 saturated heterocycles. The van der Waals surface area contributed by atoms with Crippen LogP contribution in [0.2, 0.25) is 0 Å². The van der Waals surface area contributed by atoms with Gasteiger partial charge in [-0.2, -0.15) is 0 Å². The van der Waals surface area contributed by atoms with E-state index in [0.717, 1.165) is 18.3 Å². The van der Waals surface area contributed by atoms with Crippen LogP contribution >= 0.6 is 24.0 Å². The molecule has 0 radical (unpaired) electrons. The van der Waals surface area contributed by atoms with Gasteiger partial charge >= 0.3 is 0 Å². The number of rotatable bonds is 7. The van der Waals surface area contributed by atoms with Crippen molar-refractivity contribution >= 4 is 35.8 Å². The Morgan fingerprint density at radius 1 is 1.26 bits per heavy atom. The van der Waals surface area contributed by atoms with Crippen LogP contribution in [-0.4, -0.2) is 44.7 Å². The normalized spacial score (nSPS) is 13.7. The molecule has 1 aliphatic carbocycles. The second-order valence-electron chi connectivity index (χ2n) is 5.16. The summed E-state index contributed by atoms with van der Waals surface area (Å²) in [4.78, 5) is 16.4. The molecular weight excluding hydrogens is 407 g/mol. The van der Waals surface area contributed by atoms with Crippen molar-refractivity contribution in [3.05, 3.63) is 29.8 Å². The van der Waals surface area contributed by atoms with E-state index in [1.54, 1.807) is 31.4 Å². The molecule has 0 bridgehead atoms. The SMILES string of the molecule is CCNC(=NCCNC(=O)c1ccc(OC)cc1)NC1CC1.I. The Labute approximate surface area is 154 Å². The van der Waals surface area contributed by atoms with Gasteiger partial charge in [0.25, 0.3) is 5.91 Å². The smallest absolute Gasteiger partial charge is 0.251 e. The molecule has 3 N–H and O–H groups in total. The molecule has 1 aromatic rings. The predicted octanol–water partition coefficient (Wildman–Crippen LogP) is 1.76. The van der Waals surface area contributed by atoms with E-state index >= 15 is 0 Å². The first-order valence-electron chi connectivity index (χ1n) is 7.70.